The molecule has 0 fully saturated rings. The smallest absolute Gasteiger partial charge is 0.317 e. The first-order valence-corrected chi connectivity index (χ1v) is 7.32. The first-order valence-electron chi connectivity index (χ1n) is 7.32. The average Bonchev–Trinajstić information content (AvgIpc) is 2.52. The van der Waals surface area contributed by atoms with Gasteiger partial charge in [0.15, 0.2) is 0 Å². The highest BCUT2D eigenvalue weighted by atomic mass is 16.5. The van der Waals surface area contributed by atoms with Crippen molar-refractivity contribution >= 4 is 5.97 Å². The number of likely N-dealkylation sites (N-methyl/N-ethyl adjacent to an activating group) is 1. The number of carboxylic acids is 1. The molecule has 0 bridgehead atoms. The fourth-order valence-electron chi connectivity index (χ4n) is 2.27. The number of hydrogen-bond acceptors (Lipinski definition) is 3. The highest BCUT2D eigenvalue weighted by Crippen LogP contribution is 2.24. The Kier molecular flexibility index (Phi) is 5.98. The van der Waals surface area contributed by atoms with Crippen LogP contribution in [0.25, 0.3) is 0 Å². The number of ether oxygens (including phenoxy) is 1. The molecule has 0 heterocycles. The minimum Gasteiger partial charge on any atom is -0.486 e. The van der Waals surface area contributed by atoms with Gasteiger partial charge in [-0.25, -0.2) is 0 Å². The molecule has 2 rings (SSSR count). The van der Waals surface area contributed by atoms with Gasteiger partial charge in [-0.2, -0.15) is 0 Å². The van der Waals surface area contributed by atoms with Gasteiger partial charge in [0.2, 0.25) is 0 Å². The standard InChI is InChI=1S/C18H21NO3/c1-19(14-18(20)21)13-12-17(15-8-4-2-5-9-15)22-16-10-6-3-7-11-16/h2-11,17H,12-14H2,1H3,(H,20,21). The van der Waals surface area contributed by atoms with E-state index in [1.165, 1.54) is 0 Å². The maximum absolute atomic E-state index is 10.7. The Morgan fingerprint density at radius 3 is 2.27 bits per heavy atom. The van der Waals surface area contributed by atoms with Crippen LogP contribution in [0.4, 0.5) is 0 Å². The second-order valence-corrected chi connectivity index (χ2v) is 5.25. The fourth-order valence-corrected chi connectivity index (χ4v) is 2.27. The highest BCUT2D eigenvalue weighted by molar-refractivity contribution is 5.68. The molecule has 2 aromatic rings. The van der Waals surface area contributed by atoms with Crippen molar-refractivity contribution in [3.05, 3.63) is 66.2 Å². The lowest BCUT2D eigenvalue weighted by Crippen LogP contribution is -2.28. The van der Waals surface area contributed by atoms with Crippen molar-refractivity contribution in [2.45, 2.75) is 12.5 Å². The molecular formula is C18H21NO3. The van der Waals surface area contributed by atoms with E-state index in [0.29, 0.717) is 6.54 Å². The summed E-state index contributed by atoms with van der Waals surface area (Å²) in [6.45, 7) is 0.686. The maximum atomic E-state index is 10.7. The van der Waals surface area contributed by atoms with Gasteiger partial charge in [-0.15, -0.1) is 0 Å². The van der Waals surface area contributed by atoms with Gasteiger partial charge in [0.25, 0.3) is 0 Å². The molecule has 1 atom stereocenters. The molecule has 0 saturated carbocycles. The fraction of sp³-hybridized carbons (Fsp3) is 0.278. The predicted molar refractivity (Wildman–Crippen MR) is 86.0 cm³/mol. The van der Waals surface area contributed by atoms with Crippen LogP contribution in [0.5, 0.6) is 5.75 Å². The Bertz CT molecular complexity index is 571. The minimum atomic E-state index is -0.817. The highest BCUT2D eigenvalue weighted by Gasteiger charge is 2.15. The van der Waals surface area contributed by atoms with E-state index in [1.807, 2.05) is 60.7 Å². The Labute approximate surface area is 131 Å². The average molecular weight is 299 g/mol. The van der Waals surface area contributed by atoms with Crippen molar-refractivity contribution in [1.29, 1.82) is 0 Å². The van der Waals surface area contributed by atoms with Gasteiger partial charge >= 0.3 is 5.97 Å². The van der Waals surface area contributed by atoms with Crippen LogP contribution >= 0.6 is 0 Å². The SMILES string of the molecule is CN(CCC(Oc1ccccc1)c1ccccc1)CC(=O)O. The zero-order chi connectivity index (χ0) is 15.8. The summed E-state index contributed by atoms with van der Waals surface area (Å²) in [5.41, 5.74) is 1.09. The van der Waals surface area contributed by atoms with Crippen LogP contribution in [0, 0.1) is 0 Å². The Morgan fingerprint density at radius 2 is 1.68 bits per heavy atom. The molecule has 1 unspecified atom stereocenters. The van der Waals surface area contributed by atoms with Crippen LogP contribution < -0.4 is 4.74 Å². The van der Waals surface area contributed by atoms with Gasteiger partial charge in [-0.1, -0.05) is 48.5 Å². The lowest BCUT2D eigenvalue weighted by Gasteiger charge is -2.22. The Balaban J connectivity index is 2.04. The van der Waals surface area contributed by atoms with Crippen LogP contribution in [-0.4, -0.2) is 36.1 Å². The van der Waals surface area contributed by atoms with Gasteiger partial charge in [-0.3, -0.25) is 9.69 Å². The molecule has 0 saturated heterocycles. The monoisotopic (exact) mass is 299 g/mol. The molecule has 0 aliphatic rings. The van der Waals surface area contributed by atoms with Gasteiger partial charge in [0.05, 0.1) is 6.54 Å². The number of para-hydroxylation sites is 1. The lowest BCUT2D eigenvalue weighted by molar-refractivity contribution is -0.138. The Morgan fingerprint density at radius 1 is 1.09 bits per heavy atom. The zero-order valence-corrected chi connectivity index (χ0v) is 12.7. The van der Waals surface area contributed by atoms with E-state index in [2.05, 4.69) is 0 Å². The van der Waals surface area contributed by atoms with Crippen molar-refractivity contribution in [1.82, 2.24) is 4.90 Å². The topological polar surface area (TPSA) is 49.8 Å². The molecule has 116 valence electrons. The molecule has 0 radical (unpaired) electrons. The van der Waals surface area contributed by atoms with Gasteiger partial charge in [0, 0.05) is 13.0 Å². The number of nitrogens with zero attached hydrogens (tertiary/aromatic N) is 1. The van der Waals surface area contributed by atoms with Crippen LogP contribution in [0.2, 0.25) is 0 Å². The third kappa shape index (κ3) is 5.22. The number of rotatable bonds is 8. The number of carbonyl (C=O) groups is 1. The molecule has 0 aliphatic carbocycles. The summed E-state index contributed by atoms with van der Waals surface area (Å²) in [6.07, 6.45) is 0.628. The summed E-state index contributed by atoms with van der Waals surface area (Å²) in [6, 6.07) is 19.7. The first kappa shape index (κ1) is 16.0. The summed E-state index contributed by atoms with van der Waals surface area (Å²) in [7, 11) is 1.80. The van der Waals surface area contributed by atoms with Crippen molar-refractivity contribution < 1.29 is 14.6 Å². The predicted octanol–water partition coefficient (Wildman–Crippen LogP) is 3.21. The summed E-state index contributed by atoms with van der Waals surface area (Å²) < 4.78 is 6.08. The molecule has 0 aliphatic heterocycles. The summed E-state index contributed by atoms with van der Waals surface area (Å²) in [5.74, 6) is -0.0000189. The molecule has 1 N–H and O–H groups in total. The van der Waals surface area contributed by atoms with Crippen molar-refractivity contribution in [3.8, 4) is 5.75 Å². The second kappa shape index (κ2) is 8.20. The van der Waals surface area contributed by atoms with Crippen molar-refractivity contribution in [2.24, 2.45) is 0 Å². The van der Waals surface area contributed by atoms with Gasteiger partial charge < -0.3 is 9.84 Å². The van der Waals surface area contributed by atoms with E-state index in [9.17, 15) is 4.79 Å². The Hall–Kier alpha value is -2.33. The molecule has 4 heteroatoms. The maximum Gasteiger partial charge on any atom is 0.317 e. The van der Waals surface area contributed by atoms with E-state index >= 15 is 0 Å². The third-order valence-electron chi connectivity index (χ3n) is 3.37. The zero-order valence-electron chi connectivity index (χ0n) is 12.7. The number of carboxylic acid groups (broad SMARTS) is 1. The van der Waals surface area contributed by atoms with Crippen molar-refractivity contribution in [3.63, 3.8) is 0 Å². The van der Waals surface area contributed by atoms with Gasteiger partial charge in [-0.05, 0) is 24.7 Å². The van der Waals surface area contributed by atoms with Crippen LogP contribution in [0.3, 0.4) is 0 Å². The minimum absolute atomic E-state index is 0.0346. The van der Waals surface area contributed by atoms with Crippen LogP contribution in [0.15, 0.2) is 60.7 Å². The quantitative estimate of drug-likeness (QED) is 0.813. The number of hydrogen-bond donors (Lipinski definition) is 1. The van der Waals surface area contributed by atoms with E-state index in [4.69, 9.17) is 9.84 Å². The molecular weight excluding hydrogens is 278 g/mol. The third-order valence-corrected chi connectivity index (χ3v) is 3.37. The molecule has 0 aromatic heterocycles. The molecule has 0 spiro atoms. The van der Waals surface area contributed by atoms with Crippen LogP contribution in [-0.2, 0) is 4.79 Å². The van der Waals surface area contributed by atoms with E-state index in [0.717, 1.165) is 17.7 Å². The number of aliphatic carboxylic acids is 1. The molecule has 0 amide bonds. The van der Waals surface area contributed by atoms with Gasteiger partial charge in [0.1, 0.15) is 11.9 Å². The summed E-state index contributed by atoms with van der Waals surface area (Å²) in [4.78, 5) is 12.5. The molecule has 4 nitrogen and oxygen atoms in total. The van der Waals surface area contributed by atoms with Crippen molar-refractivity contribution in [2.75, 3.05) is 20.1 Å². The number of benzene rings is 2. The summed E-state index contributed by atoms with van der Waals surface area (Å²) in [5, 5.41) is 8.83. The lowest BCUT2D eigenvalue weighted by atomic mass is 10.1. The van der Waals surface area contributed by atoms with Crippen LogP contribution in [0.1, 0.15) is 18.1 Å². The normalized spacial score (nSPS) is 12.1. The first-order chi connectivity index (χ1) is 10.6. The van der Waals surface area contributed by atoms with E-state index in [-0.39, 0.29) is 12.6 Å². The molecule has 2 aromatic carbocycles. The second-order valence-electron chi connectivity index (χ2n) is 5.25. The molecule has 22 heavy (non-hydrogen) atoms. The van der Waals surface area contributed by atoms with E-state index in [1.54, 1.807) is 11.9 Å². The van der Waals surface area contributed by atoms with E-state index < -0.39 is 5.97 Å². The summed E-state index contributed by atoms with van der Waals surface area (Å²) >= 11 is 0. The largest absolute Gasteiger partial charge is 0.486 e.